The van der Waals surface area contributed by atoms with Crippen LogP contribution < -0.4 is 0 Å². The lowest BCUT2D eigenvalue weighted by atomic mass is 10.1. The standard InChI is InChI=1S/C19H32NO4P/c1-3-23-25(21,24-4-2)17-19(15-20-13-9-6-10-14-20)22-16-18-11-7-5-8-12-18/h5,7-8,11-12,19H,3-4,6,9-10,13-17H2,1-2H3. The van der Waals surface area contributed by atoms with Crippen molar-refractivity contribution in [1.82, 2.24) is 4.90 Å². The Morgan fingerprint density at radius 2 is 1.68 bits per heavy atom. The molecule has 1 unspecified atom stereocenters. The zero-order valence-corrected chi connectivity index (χ0v) is 16.5. The van der Waals surface area contributed by atoms with Crippen molar-refractivity contribution < 1.29 is 18.3 Å². The molecular formula is C19H32NO4P. The predicted octanol–water partition coefficient (Wildman–Crippen LogP) is 4.32. The molecule has 1 aromatic carbocycles. The fourth-order valence-electron chi connectivity index (χ4n) is 3.17. The largest absolute Gasteiger partial charge is 0.372 e. The molecule has 1 atom stereocenters. The van der Waals surface area contributed by atoms with Gasteiger partial charge < -0.3 is 18.7 Å². The lowest BCUT2D eigenvalue weighted by molar-refractivity contribution is 0.0206. The van der Waals surface area contributed by atoms with Crippen molar-refractivity contribution >= 4 is 7.60 Å². The second kappa shape index (κ2) is 11.1. The number of rotatable bonds is 11. The van der Waals surface area contributed by atoms with Crippen LogP contribution in [0.2, 0.25) is 0 Å². The molecule has 1 aromatic rings. The van der Waals surface area contributed by atoms with Crippen molar-refractivity contribution in [3.63, 3.8) is 0 Å². The van der Waals surface area contributed by atoms with E-state index in [0.717, 1.165) is 25.2 Å². The maximum Gasteiger partial charge on any atom is 0.333 e. The molecule has 1 heterocycles. The Labute approximate surface area is 152 Å². The summed E-state index contributed by atoms with van der Waals surface area (Å²) in [6.07, 6.45) is 3.88. The highest BCUT2D eigenvalue weighted by molar-refractivity contribution is 7.53. The molecule has 0 radical (unpaired) electrons. The van der Waals surface area contributed by atoms with Gasteiger partial charge in [0.1, 0.15) is 0 Å². The number of ether oxygens (including phenoxy) is 1. The number of hydrogen-bond donors (Lipinski definition) is 0. The van der Waals surface area contributed by atoms with Crippen molar-refractivity contribution in [3.8, 4) is 0 Å². The smallest absolute Gasteiger partial charge is 0.333 e. The summed E-state index contributed by atoms with van der Waals surface area (Å²) >= 11 is 0. The number of piperidine rings is 1. The molecule has 1 fully saturated rings. The van der Waals surface area contributed by atoms with Crippen LogP contribution in [-0.4, -0.2) is 50.0 Å². The molecule has 1 saturated heterocycles. The minimum atomic E-state index is -3.12. The highest BCUT2D eigenvalue weighted by atomic mass is 31.2. The van der Waals surface area contributed by atoms with E-state index in [-0.39, 0.29) is 6.10 Å². The van der Waals surface area contributed by atoms with E-state index in [1.54, 1.807) is 0 Å². The summed E-state index contributed by atoms with van der Waals surface area (Å²) in [4.78, 5) is 2.40. The van der Waals surface area contributed by atoms with Gasteiger partial charge in [0.25, 0.3) is 0 Å². The third-order valence-corrected chi connectivity index (χ3v) is 6.48. The van der Waals surface area contributed by atoms with Gasteiger partial charge in [-0.2, -0.15) is 0 Å². The van der Waals surface area contributed by atoms with Crippen LogP contribution >= 0.6 is 7.60 Å². The van der Waals surface area contributed by atoms with Gasteiger partial charge in [-0.25, -0.2) is 0 Å². The van der Waals surface area contributed by atoms with Gasteiger partial charge in [0.05, 0.1) is 32.1 Å². The SMILES string of the molecule is CCOP(=O)(CC(CN1CCCCC1)OCc1ccccc1)OCC. The summed E-state index contributed by atoms with van der Waals surface area (Å²) in [7, 11) is -3.12. The van der Waals surface area contributed by atoms with Crippen molar-refractivity contribution in [1.29, 1.82) is 0 Å². The average molecular weight is 369 g/mol. The van der Waals surface area contributed by atoms with Gasteiger partial charge in [0, 0.05) is 6.54 Å². The molecular weight excluding hydrogens is 337 g/mol. The zero-order chi connectivity index (χ0) is 18.0. The van der Waals surface area contributed by atoms with E-state index in [1.807, 2.05) is 44.2 Å². The van der Waals surface area contributed by atoms with E-state index in [1.165, 1.54) is 19.3 Å². The lowest BCUT2D eigenvalue weighted by Gasteiger charge is -2.31. The fraction of sp³-hybridized carbons (Fsp3) is 0.684. The maximum absolute atomic E-state index is 12.9. The number of likely N-dealkylation sites (tertiary alicyclic amines) is 1. The van der Waals surface area contributed by atoms with Gasteiger partial charge in [0.15, 0.2) is 0 Å². The predicted molar refractivity (Wildman–Crippen MR) is 101 cm³/mol. The Hall–Kier alpha value is -0.710. The van der Waals surface area contributed by atoms with Crippen molar-refractivity contribution in [2.75, 3.05) is 39.0 Å². The van der Waals surface area contributed by atoms with Crippen molar-refractivity contribution in [2.45, 2.75) is 45.8 Å². The Balaban J connectivity index is 2.00. The van der Waals surface area contributed by atoms with Crippen LogP contribution in [-0.2, 0) is 25.0 Å². The van der Waals surface area contributed by atoms with E-state index >= 15 is 0 Å². The monoisotopic (exact) mass is 369 g/mol. The molecule has 0 spiro atoms. The van der Waals surface area contributed by atoms with E-state index in [4.69, 9.17) is 13.8 Å². The second-order valence-corrected chi connectivity index (χ2v) is 8.51. The summed E-state index contributed by atoms with van der Waals surface area (Å²) in [6, 6.07) is 10.1. The first kappa shape index (κ1) is 20.6. The van der Waals surface area contributed by atoms with Gasteiger partial charge in [-0.3, -0.25) is 4.57 Å². The molecule has 1 aliphatic rings. The molecule has 0 saturated carbocycles. The highest BCUT2D eigenvalue weighted by Gasteiger charge is 2.30. The molecule has 0 aromatic heterocycles. The van der Waals surface area contributed by atoms with Crippen molar-refractivity contribution in [3.05, 3.63) is 35.9 Å². The maximum atomic E-state index is 12.9. The van der Waals surface area contributed by atoms with E-state index < -0.39 is 7.60 Å². The Kier molecular flexibility index (Phi) is 9.14. The van der Waals surface area contributed by atoms with Gasteiger partial charge in [-0.15, -0.1) is 0 Å². The number of benzene rings is 1. The van der Waals surface area contributed by atoms with Crippen LogP contribution in [0, 0.1) is 0 Å². The van der Waals surface area contributed by atoms with Crippen LogP contribution in [0.1, 0.15) is 38.7 Å². The molecule has 1 aliphatic heterocycles. The minimum Gasteiger partial charge on any atom is -0.372 e. The number of hydrogen-bond acceptors (Lipinski definition) is 5. The van der Waals surface area contributed by atoms with Crippen LogP contribution in [0.3, 0.4) is 0 Å². The fourth-order valence-corrected chi connectivity index (χ4v) is 4.96. The second-order valence-electron chi connectivity index (χ2n) is 6.41. The first-order valence-electron chi connectivity index (χ1n) is 9.41. The van der Waals surface area contributed by atoms with Crippen molar-refractivity contribution in [2.24, 2.45) is 0 Å². The summed E-state index contributed by atoms with van der Waals surface area (Å²) in [6.45, 7) is 7.90. The van der Waals surface area contributed by atoms with E-state index in [0.29, 0.717) is 26.0 Å². The van der Waals surface area contributed by atoms with E-state index in [2.05, 4.69) is 4.90 Å². The highest BCUT2D eigenvalue weighted by Crippen LogP contribution is 2.49. The number of nitrogens with zero attached hydrogens (tertiary/aromatic N) is 1. The average Bonchev–Trinajstić information content (AvgIpc) is 2.62. The normalized spacial score (nSPS) is 17.5. The quantitative estimate of drug-likeness (QED) is 0.544. The minimum absolute atomic E-state index is 0.165. The Bertz CT molecular complexity index is 509. The molecule has 0 aliphatic carbocycles. The van der Waals surface area contributed by atoms with E-state index in [9.17, 15) is 4.57 Å². The first-order chi connectivity index (χ1) is 12.1. The third-order valence-electron chi connectivity index (χ3n) is 4.32. The summed E-state index contributed by atoms with van der Waals surface area (Å²) < 4.78 is 30.0. The Morgan fingerprint density at radius 3 is 2.28 bits per heavy atom. The topological polar surface area (TPSA) is 48.0 Å². The van der Waals surface area contributed by atoms with Crippen LogP contribution in [0.15, 0.2) is 30.3 Å². The molecule has 0 bridgehead atoms. The summed E-state index contributed by atoms with van der Waals surface area (Å²) in [5.41, 5.74) is 1.12. The zero-order valence-electron chi connectivity index (χ0n) is 15.6. The molecule has 0 N–H and O–H groups in total. The van der Waals surface area contributed by atoms with Gasteiger partial charge in [-0.1, -0.05) is 36.8 Å². The molecule has 142 valence electrons. The third kappa shape index (κ3) is 7.59. The Morgan fingerprint density at radius 1 is 1.04 bits per heavy atom. The summed E-state index contributed by atoms with van der Waals surface area (Å²) in [5.74, 6) is 0. The molecule has 5 nitrogen and oxygen atoms in total. The molecule has 25 heavy (non-hydrogen) atoms. The molecule has 0 amide bonds. The van der Waals surface area contributed by atoms with Gasteiger partial charge >= 0.3 is 7.60 Å². The first-order valence-corrected chi connectivity index (χ1v) is 11.1. The lowest BCUT2D eigenvalue weighted by Crippen LogP contribution is -2.39. The summed E-state index contributed by atoms with van der Waals surface area (Å²) in [5, 5.41) is 0. The molecule has 6 heteroatoms. The van der Waals surface area contributed by atoms with Gasteiger partial charge in [0.2, 0.25) is 0 Å². The van der Waals surface area contributed by atoms with Crippen LogP contribution in [0.4, 0.5) is 0 Å². The van der Waals surface area contributed by atoms with Crippen LogP contribution in [0.25, 0.3) is 0 Å². The van der Waals surface area contributed by atoms with Gasteiger partial charge in [-0.05, 0) is 45.3 Å². The van der Waals surface area contributed by atoms with Crippen LogP contribution in [0.5, 0.6) is 0 Å². The molecule has 2 rings (SSSR count).